The maximum Gasteiger partial charge on any atom is 0.306 e. The van der Waals surface area contributed by atoms with Gasteiger partial charge in [0, 0.05) is 19.2 Å². The van der Waals surface area contributed by atoms with E-state index in [0.717, 1.165) is 5.56 Å². The van der Waals surface area contributed by atoms with Gasteiger partial charge in [0.15, 0.2) is 0 Å². The largest absolute Gasteiger partial charge is 0.460 e. The van der Waals surface area contributed by atoms with Gasteiger partial charge in [0.25, 0.3) is 5.91 Å². The minimum atomic E-state index is -0.891. The lowest BCUT2D eigenvalue weighted by Crippen LogP contribution is -2.47. The van der Waals surface area contributed by atoms with E-state index in [4.69, 9.17) is 4.74 Å². The highest BCUT2D eigenvalue weighted by atomic mass is 79.9. The second kappa shape index (κ2) is 10.9. The first-order valence-corrected chi connectivity index (χ1v) is 10.4. The summed E-state index contributed by atoms with van der Waals surface area (Å²) in [5.74, 6) is -1.25. The van der Waals surface area contributed by atoms with E-state index >= 15 is 0 Å². The number of carbonyl (C=O) groups is 3. The fraction of sp³-hybridized carbons (Fsp3) is 0.364. The Morgan fingerprint density at radius 3 is 2.40 bits per heavy atom. The molecule has 0 saturated carbocycles. The quantitative estimate of drug-likeness (QED) is 0.450. The average Bonchev–Trinajstić information content (AvgIpc) is 2.69. The molecule has 2 rings (SSSR count). The van der Waals surface area contributed by atoms with Gasteiger partial charge in [0.05, 0.1) is 5.56 Å². The van der Waals surface area contributed by atoms with Crippen molar-refractivity contribution in [3.8, 4) is 0 Å². The van der Waals surface area contributed by atoms with Gasteiger partial charge in [-0.05, 0) is 60.8 Å². The van der Waals surface area contributed by atoms with Crippen LogP contribution < -0.4 is 10.6 Å². The van der Waals surface area contributed by atoms with Crippen molar-refractivity contribution in [2.24, 2.45) is 0 Å². The molecule has 8 heteroatoms. The normalized spacial score (nSPS) is 12.0. The SMILES string of the molecule is CC(C)(C)OC(=O)CC[C@H](NC(=O)c1ccc(Br)nc1)C(=O)NCc1ccccc1. The summed E-state index contributed by atoms with van der Waals surface area (Å²) in [5, 5.41) is 5.50. The van der Waals surface area contributed by atoms with Crippen LogP contribution in [0.4, 0.5) is 0 Å². The van der Waals surface area contributed by atoms with Crippen LogP contribution in [0.5, 0.6) is 0 Å². The molecule has 1 heterocycles. The summed E-state index contributed by atoms with van der Waals surface area (Å²) in [5.41, 5.74) is 0.630. The molecule has 0 aliphatic heterocycles. The smallest absolute Gasteiger partial charge is 0.306 e. The number of aromatic nitrogens is 1. The Labute approximate surface area is 184 Å². The Kier molecular flexibility index (Phi) is 8.53. The number of nitrogens with zero attached hydrogens (tertiary/aromatic N) is 1. The van der Waals surface area contributed by atoms with Crippen molar-refractivity contribution in [1.29, 1.82) is 0 Å². The number of halogens is 1. The molecule has 0 aliphatic carbocycles. The molecule has 160 valence electrons. The molecule has 1 aromatic heterocycles. The highest BCUT2D eigenvalue weighted by molar-refractivity contribution is 9.10. The first kappa shape index (κ1) is 23.5. The lowest BCUT2D eigenvalue weighted by atomic mass is 10.1. The number of hydrogen-bond donors (Lipinski definition) is 2. The van der Waals surface area contributed by atoms with Crippen LogP contribution in [0, 0.1) is 0 Å². The summed E-state index contributed by atoms with van der Waals surface area (Å²) in [4.78, 5) is 41.4. The number of benzene rings is 1. The molecule has 2 N–H and O–H groups in total. The van der Waals surface area contributed by atoms with Crippen LogP contribution in [-0.4, -0.2) is 34.4 Å². The third kappa shape index (κ3) is 8.32. The predicted octanol–water partition coefficient (Wildman–Crippen LogP) is 3.38. The second-order valence-corrected chi connectivity index (χ2v) is 8.54. The Balaban J connectivity index is 2.04. The van der Waals surface area contributed by atoms with Crippen LogP contribution in [0.2, 0.25) is 0 Å². The third-order valence-electron chi connectivity index (χ3n) is 3.98. The maximum atomic E-state index is 12.7. The van der Waals surface area contributed by atoms with Crippen molar-refractivity contribution in [2.45, 2.75) is 51.8 Å². The van der Waals surface area contributed by atoms with E-state index in [2.05, 4.69) is 31.5 Å². The van der Waals surface area contributed by atoms with Crippen molar-refractivity contribution < 1.29 is 19.1 Å². The van der Waals surface area contributed by atoms with Gasteiger partial charge in [-0.1, -0.05) is 30.3 Å². The number of rotatable bonds is 8. The fourth-order valence-electron chi connectivity index (χ4n) is 2.58. The Bertz CT molecular complexity index is 864. The van der Waals surface area contributed by atoms with E-state index in [1.54, 1.807) is 32.9 Å². The number of ether oxygens (including phenoxy) is 1. The molecule has 2 amide bonds. The number of nitrogens with one attached hydrogen (secondary N) is 2. The fourth-order valence-corrected chi connectivity index (χ4v) is 2.82. The molecule has 1 atom stereocenters. The van der Waals surface area contributed by atoms with Crippen LogP contribution in [0.15, 0.2) is 53.3 Å². The molecule has 0 saturated heterocycles. The van der Waals surface area contributed by atoms with E-state index < -0.39 is 23.5 Å². The zero-order valence-electron chi connectivity index (χ0n) is 17.3. The Morgan fingerprint density at radius 1 is 1.10 bits per heavy atom. The van der Waals surface area contributed by atoms with Gasteiger partial charge in [-0.25, -0.2) is 4.98 Å². The van der Waals surface area contributed by atoms with E-state index in [0.29, 0.717) is 16.7 Å². The second-order valence-electron chi connectivity index (χ2n) is 7.72. The van der Waals surface area contributed by atoms with Gasteiger partial charge in [-0.2, -0.15) is 0 Å². The van der Waals surface area contributed by atoms with E-state index in [9.17, 15) is 14.4 Å². The van der Waals surface area contributed by atoms with Crippen LogP contribution in [0.3, 0.4) is 0 Å². The first-order chi connectivity index (χ1) is 14.1. The highest BCUT2D eigenvalue weighted by Crippen LogP contribution is 2.11. The van der Waals surface area contributed by atoms with Crippen molar-refractivity contribution in [3.05, 3.63) is 64.4 Å². The van der Waals surface area contributed by atoms with Crippen molar-refractivity contribution in [2.75, 3.05) is 0 Å². The Hall–Kier alpha value is -2.74. The predicted molar refractivity (Wildman–Crippen MR) is 117 cm³/mol. The summed E-state index contributed by atoms with van der Waals surface area (Å²) in [7, 11) is 0. The van der Waals surface area contributed by atoms with Crippen LogP contribution in [0.25, 0.3) is 0 Å². The molecule has 2 aromatic rings. The molecule has 1 aromatic carbocycles. The lowest BCUT2D eigenvalue weighted by molar-refractivity contribution is -0.155. The lowest BCUT2D eigenvalue weighted by Gasteiger charge is -2.21. The molecule has 30 heavy (non-hydrogen) atoms. The van der Waals surface area contributed by atoms with Gasteiger partial charge in [-0.15, -0.1) is 0 Å². The maximum absolute atomic E-state index is 12.7. The third-order valence-corrected chi connectivity index (χ3v) is 4.45. The van der Waals surface area contributed by atoms with Crippen molar-refractivity contribution in [1.82, 2.24) is 15.6 Å². The molecular formula is C22H26BrN3O4. The number of esters is 1. The molecule has 0 radical (unpaired) electrons. The molecular weight excluding hydrogens is 450 g/mol. The molecule has 0 unspecified atom stereocenters. The minimum absolute atomic E-state index is 0.000435. The van der Waals surface area contributed by atoms with Gasteiger partial charge < -0.3 is 15.4 Å². The molecule has 0 aliphatic rings. The van der Waals surface area contributed by atoms with Crippen molar-refractivity contribution in [3.63, 3.8) is 0 Å². The van der Waals surface area contributed by atoms with E-state index in [1.165, 1.54) is 6.20 Å². The average molecular weight is 476 g/mol. The topological polar surface area (TPSA) is 97.4 Å². The molecule has 0 bridgehead atoms. The van der Waals surface area contributed by atoms with Gasteiger partial charge in [0.2, 0.25) is 5.91 Å². The van der Waals surface area contributed by atoms with Crippen molar-refractivity contribution >= 4 is 33.7 Å². The summed E-state index contributed by atoms with van der Waals surface area (Å²) < 4.78 is 5.90. The summed E-state index contributed by atoms with van der Waals surface area (Å²) >= 11 is 3.22. The zero-order valence-corrected chi connectivity index (χ0v) is 18.9. The van der Waals surface area contributed by atoms with Gasteiger partial charge in [-0.3, -0.25) is 14.4 Å². The molecule has 7 nitrogen and oxygen atoms in total. The first-order valence-electron chi connectivity index (χ1n) is 9.60. The number of pyridine rings is 1. The number of amides is 2. The summed E-state index contributed by atoms with van der Waals surface area (Å²) in [6.45, 7) is 5.64. The van der Waals surface area contributed by atoms with Gasteiger partial charge in [0.1, 0.15) is 16.2 Å². The van der Waals surface area contributed by atoms with E-state index in [1.807, 2.05) is 30.3 Å². The highest BCUT2D eigenvalue weighted by Gasteiger charge is 2.24. The number of hydrogen-bond acceptors (Lipinski definition) is 5. The minimum Gasteiger partial charge on any atom is -0.460 e. The Morgan fingerprint density at radius 2 is 1.80 bits per heavy atom. The number of carbonyl (C=O) groups excluding carboxylic acids is 3. The zero-order chi connectivity index (χ0) is 22.1. The van der Waals surface area contributed by atoms with Crippen LogP contribution in [0.1, 0.15) is 49.5 Å². The molecule has 0 fully saturated rings. The van der Waals surface area contributed by atoms with Crippen LogP contribution in [-0.2, 0) is 20.9 Å². The summed E-state index contributed by atoms with van der Waals surface area (Å²) in [6, 6.07) is 11.8. The standard InChI is InChI=1S/C22H26BrN3O4/c1-22(2,3)30-19(27)12-10-17(21(29)25-13-15-7-5-4-6-8-15)26-20(28)16-9-11-18(23)24-14-16/h4-9,11,14,17H,10,12-13H2,1-3H3,(H,25,29)(H,26,28)/t17-/m0/s1. The summed E-state index contributed by atoms with van der Waals surface area (Å²) in [6.07, 6.45) is 1.52. The monoisotopic (exact) mass is 475 g/mol. The van der Waals surface area contributed by atoms with Crippen LogP contribution >= 0.6 is 15.9 Å². The van der Waals surface area contributed by atoms with Gasteiger partial charge >= 0.3 is 5.97 Å². The molecule has 0 spiro atoms. The van der Waals surface area contributed by atoms with E-state index in [-0.39, 0.29) is 18.7 Å².